The minimum absolute atomic E-state index is 0.310. The van der Waals surface area contributed by atoms with Gasteiger partial charge in [0.25, 0.3) is 5.56 Å². The smallest absolute Gasteiger partial charge is 0.331 e. The van der Waals surface area contributed by atoms with E-state index in [0.717, 1.165) is 28.9 Å². The van der Waals surface area contributed by atoms with E-state index in [-0.39, 0.29) is 17.4 Å². The number of hydrogen-bond acceptors (Lipinski definition) is 3. The Kier molecular flexibility index (Phi) is 5.07. The van der Waals surface area contributed by atoms with Crippen molar-refractivity contribution in [2.45, 2.75) is 26.0 Å². The highest BCUT2D eigenvalue weighted by Crippen LogP contribution is 2.40. The molecule has 2 aromatic carbocycles. The SMILES string of the molecule is CCc1ccc([C@H]2OCCn3c(-c4ccc(Cl)cc4)c4c(=O)n(C)c(=O)n(C)c4c32)cc1. The fraction of sp³-hybridized carbons (Fsp3) is 0.280. The minimum atomic E-state index is -0.379. The predicted octanol–water partition coefficient (Wildman–Crippen LogP) is 4.04. The molecule has 1 atom stereocenters. The summed E-state index contributed by atoms with van der Waals surface area (Å²) >= 11 is 6.13. The van der Waals surface area contributed by atoms with Crippen LogP contribution in [-0.2, 0) is 31.8 Å². The molecule has 6 nitrogen and oxygen atoms in total. The van der Waals surface area contributed by atoms with E-state index in [9.17, 15) is 9.59 Å². The number of benzene rings is 2. The van der Waals surface area contributed by atoms with Gasteiger partial charge in [-0.2, -0.15) is 0 Å². The van der Waals surface area contributed by atoms with Crippen molar-refractivity contribution >= 4 is 22.5 Å². The molecule has 4 aromatic rings. The summed E-state index contributed by atoms with van der Waals surface area (Å²) < 4.78 is 11.1. The van der Waals surface area contributed by atoms with Crippen LogP contribution in [0.15, 0.2) is 58.1 Å². The molecule has 2 aromatic heterocycles. The molecule has 1 aliphatic rings. The molecule has 0 amide bonds. The van der Waals surface area contributed by atoms with Crippen LogP contribution in [-0.4, -0.2) is 20.3 Å². The average molecular weight is 450 g/mol. The zero-order valence-electron chi connectivity index (χ0n) is 18.3. The first-order chi connectivity index (χ1) is 15.4. The maximum Gasteiger partial charge on any atom is 0.331 e. The van der Waals surface area contributed by atoms with Crippen LogP contribution in [0.2, 0.25) is 5.02 Å². The predicted molar refractivity (Wildman–Crippen MR) is 126 cm³/mol. The second-order valence-corrected chi connectivity index (χ2v) is 8.60. The molecule has 5 rings (SSSR count). The van der Waals surface area contributed by atoms with Crippen LogP contribution in [0.4, 0.5) is 0 Å². The van der Waals surface area contributed by atoms with E-state index in [1.807, 2.05) is 24.3 Å². The van der Waals surface area contributed by atoms with Gasteiger partial charge in [0.15, 0.2) is 0 Å². The van der Waals surface area contributed by atoms with Crippen LogP contribution in [0.25, 0.3) is 22.2 Å². The van der Waals surface area contributed by atoms with Gasteiger partial charge in [0.1, 0.15) is 6.10 Å². The van der Waals surface area contributed by atoms with Crippen LogP contribution >= 0.6 is 11.6 Å². The number of aryl methyl sites for hydroxylation is 2. The van der Waals surface area contributed by atoms with Crippen LogP contribution < -0.4 is 11.2 Å². The summed E-state index contributed by atoms with van der Waals surface area (Å²) in [5.41, 5.74) is 4.69. The molecule has 3 heterocycles. The van der Waals surface area contributed by atoms with Crippen molar-refractivity contribution in [2.24, 2.45) is 14.1 Å². The summed E-state index contributed by atoms with van der Waals surface area (Å²) in [6, 6.07) is 15.8. The first-order valence-electron chi connectivity index (χ1n) is 10.7. The van der Waals surface area contributed by atoms with E-state index in [0.29, 0.717) is 29.1 Å². The van der Waals surface area contributed by atoms with Crippen LogP contribution in [0.5, 0.6) is 0 Å². The van der Waals surface area contributed by atoms with Crippen molar-refractivity contribution in [1.29, 1.82) is 0 Å². The van der Waals surface area contributed by atoms with Crippen molar-refractivity contribution in [3.05, 3.63) is 91.2 Å². The lowest BCUT2D eigenvalue weighted by molar-refractivity contribution is 0.0478. The van der Waals surface area contributed by atoms with Crippen LogP contribution in [0.1, 0.15) is 29.8 Å². The van der Waals surface area contributed by atoms with Gasteiger partial charge in [-0.25, -0.2) is 4.79 Å². The quantitative estimate of drug-likeness (QED) is 0.474. The zero-order valence-corrected chi connectivity index (χ0v) is 19.0. The van der Waals surface area contributed by atoms with E-state index in [1.54, 1.807) is 11.6 Å². The maximum atomic E-state index is 13.4. The Morgan fingerprint density at radius 2 is 1.69 bits per heavy atom. The standard InChI is InChI=1S/C25H24ClN3O3/c1-4-15-5-7-17(8-6-15)23-22-21-19(24(30)28(3)25(31)27(21)2)20(29(22)13-14-32-23)16-9-11-18(26)12-10-16/h5-12,23H,4,13-14H2,1-3H3/t23-/m1/s1. The van der Waals surface area contributed by atoms with Gasteiger partial charge >= 0.3 is 5.69 Å². The molecule has 0 bridgehead atoms. The van der Waals surface area contributed by atoms with E-state index < -0.39 is 0 Å². The molecular weight excluding hydrogens is 426 g/mol. The Labute approximate surface area is 190 Å². The number of hydrogen-bond donors (Lipinski definition) is 0. The molecule has 0 saturated heterocycles. The second kappa shape index (κ2) is 7.80. The molecule has 1 aliphatic heterocycles. The lowest BCUT2D eigenvalue weighted by Gasteiger charge is -2.28. The van der Waals surface area contributed by atoms with Crippen molar-refractivity contribution in [1.82, 2.24) is 13.7 Å². The fourth-order valence-corrected chi connectivity index (χ4v) is 4.80. The lowest BCUT2D eigenvalue weighted by Crippen LogP contribution is -2.37. The molecule has 0 N–H and O–H groups in total. The largest absolute Gasteiger partial charge is 0.365 e. The fourth-order valence-electron chi connectivity index (χ4n) is 4.67. The summed E-state index contributed by atoms with van der Waals surface area (Å²) in [6.45, 7) is 3.21. The Balaban J connectivity index is 1.89. The van der Waals surface area contributed by atoms with E-state index in [4.69, 9.17) is 16.3 Å². The van der Waals surface area contributed by atoms with E-state index in [1.165, 1.54) is 17.2 Å². The van der Waals surface area contributed by atoms with E-state index in [2.05, 4.69) is 35.8 Å². The van der Waals surface area contributed by atoms with Gasteiger partial charge in [-0.3, -0.25) is 13.9 Å². The molecule has 0 fully saturated rings. The third kappa shape index (κ3) is 3.05. The van der Waals surface area contributed by atoms with Crippen molar-refractivity contribution in [2.75, 3.05) is 6.61 Å². The lowest BCUT2D eigenvalue weighted by atomic mass is 10.0. The van der Waals surface area contributed by atoms with Crippen LogP contribution in [0, 0.1) is 0 Å². The molecule has 164 valence electrons. The number of ether oxygens (including phenoxy) is 1. The molecule has 32 heavy (non-hydrogen) atoms. The molecular formula is C25H24ClN3O3. The van der Waals surface area contributed by atoms with Crippen molar-refractivity contribution in [3.63, 3.8) is 0 Å². The van der Waals surface area contributed by atoms with Gasteiger partial charge in [0.05, 0.1) is 28.9 Å². The third-order valence-corrected chi connectivity index (χ3v) is 6.61. The van der Waals surface area contributed by atoms with Gasteiger partial charge < -0.3 is 9.30 Å². The number of nitrogens with zero attached hydrogens (tertiary/aromatic N) is 3. The normalized spacial score (nSPS) is 15.8. The highest BCUT2D eigenvalue weighted by atomic mass is 35.5. The number of halogens is 1. The number of aromatic nitrogens is 3. The Morgan fingerprint density at radius 3 is 2.34 bits per heavy atom. The molecule has 0 aliphatic carbocycles. The van der Waals surface area contributed by atoms with Crippen molar-refractivity contribution < 1.29 is 4.74 Å². The van der Waals surface area contributed by atoms with E-state index >= 15 is 0 Å². The Morgan fingerprint density at radius 1 is 1.00 bits per heavy atom. The van der Waals surface area contributed by atoms with Gasteiger partial charge in [0.2, 0.25) is 0 Å². The van der Waals surface area contributed by atoms with Crippen LogP contribution in [0.3, 0.4) is 0 Å². The number of rotatable bonds is 3. The number of fused-ring (bicyclic) bond motifs is 3. The summed E-state index contributed by atoms with van der Waals surface area (Å²) in [4.78, 5) is 26.2. The molecule has 7 heteroatoms. The third-order valence-electron chi connectivity index (χ3n) is 6.36. The zero-order chi connectivity index (χ0) is 22.6. The van der Waals surface area contributed by atoms with Gasteiger partial charge in [0, 0.05) is 25.7 Å². The topological polar surface area (TPSA) is 58.2 Å². The van der Waals surface area contributed by atoms with Gasteiger partial charge in [-0.15, -0.1) is 0 Å². The summed E-state index contributed by atoms with van der Waals surface area (Å²) in [5.74, 6) is 0. The summed E-state index contributed by atoms with van der Waals surface area (Å²) in [5, 5.41) is 1.15. The first kappa shape index (κ1) is 20.8. The molecule has 0 saturated carbocycles. The summed E-state index contributed by atoms with van der Waals surface area (Å²) in [6.07, 6.45) is 0.576. The minimum Gasteiger partial charge on any atom is -0.365 e. The highest BCUT2D eigenvalue weighted by molar-refractivity contribution is 6.30. The Bertz CT molecular complexity index is 1440. The Hall–Kier alpha value is -3.09. The maximum absolute atomic E-state index is 13.4. The molecule has 0 unspecified atom stereocenters. The summed E-state index contributed by atoms with van der Waals surface area (Å²) in [7, 11) is 3.23. The van der Waals surface area contributed by atoms with Gasteiger partial charge in [-0.05, 0) is 35.2 Å². The van der Waals surface area contributed by atoms with Crippen molar-refractivity contribution in [3.8, 4) is 11.3 Å². The monoisotopic (exact) mass is 449 g/mol. The molecule has 0 radical (unpaired) electrons. The average Bonchev–Trinajstić information content (AvgIpc) is 3.17. The highest BCUT2D eigenvalue weighted by Gasteiger charge is 2.33. The van der Waals surface area contributed by atoms with Gasteiger partial charge in [-0.1, -0.05) is 54.9 Å². The first-order valence-corrected chi connectivity index (χ1v) is 11.1. The second-order valence-electron chi connectivity index (χ2n) is 8.17. The molecule has 0 spiro atoms.